The zero-order valence-electron chi connectivity index (χ0n) is 15.8. The van der Waals surface area contributed by atoms with E-state index < -0.39 is 40.5 Å². The van der Waals surface area contributed by atoms with Crippen LogP contribution in [0.1, 0.15) is 38.7 Å². The highest BCUT2D eigenvalue weighted by Gasteiger charge is 2.67. The number of benzene rings is 1. The van der Waals surface area contributed by atoms with E-state index in [9.17, 15) is 29.6 Å². The van der Waals surface area contributed by atoms with Crippen molar-refractivity contribution in [2.45, 2.75) is 44.9 Å². The largest absolute Gasteiger partial charge is 0.464 e. The van der Waals surface area contributed by atoms with Crippen LogP contribution in [-0.4, -0.2) is 57.8 Å². The molecule has 0 bridgehead atoms. The van der Waals surface area contributed by atoms with E-state index >= 15 is 0 Å². The van der Waals surface area contributed by atoms with Gasteiger partial charge < -0.3 is 14.6 Å². The Morgan fingerprint density at radius 2 is 1.68 bits per heavy atom. The topological polar surface area (TPSA) is 136 Å². The molecule has 2 rings (SSSR count). The molecule has 1 N–H and O–H groups in total. The van der Waals surface area contributed by atoms with Crippen molar-refractivity contribution in [1.82, 2.24) is 4.90 Å². The van der Waals surface area contributed by atoms with E-state index in [-0.39, 0.29) is 25.3 Å². The van der Waals surface area contributed by atoms with E-state index in [0.717, 1.165) is 11.8 Å². The minimum atomic E-state index is -2.23. The second kappa shape index (κ2) is 8.34. The summed E-state index contributed by atoms with van der Waals surface area (Å²) in [7, 11) is 0. The van der Waals surface area contributed by atoms with Crippen LogP contribution in [0.4, 0.5) is 5.69 Å². The summed E-state index contributed by atoms with van der Waals surface area (Å²) in [6, 6.07) is 5.21. The average molecular weight is 394 g/mol. The number of likely N-dealkylation sites (tertiary alicyclic amines) is 1. The van der Waals surface area contributed by atoms with Crippen LogP contribution in [0.25, 0.3) is 0 Å². The van der Waals surface area contributed by atoms with Crippen LogP contribution in [0.2, 0.25) is 0 Å². The van der Waals surface area contributed by atoms with Crippen LogP contribution in [0.15, 0.2) is 24.3 Å². The summed E-state index contributed by atoms with van der Waals surface area (Å²) in [5.41, 5.74) is -2.05. The minimum Gasteiger partial charge on any atom is -0.464 e. The Kier molecular flexibility index (Phi) is 6.34. The first-order valence-electron chi connectivity index (χ1n) is 8.78. The molecule has 0 aliphatic carbocycles. The summed E-state index contributed by atoms with van der Waals surface area (Å²) in [5.74, 6) is -3.77. The highest BCUT2D eigenvalue weighted by atomic mass is 16.6. The van der Waals surface area contributed by atoms with Gasteiger partial charge in [0.25, 0.3) is 5.69 Å². The predicted octanol–water partition coefficient (Wildman–Crippen LogP) is 1.11. The third kappa shape index (κ3) is 3.42. The van der Waals surface area contributed by atoms with Gasteiger partial charge in [0.05, 0.1) is 18.1 Å². The highest BCUT2D eigenvalue weighted by Crippen LogP contribution is 2.47. The summed E-state index contributed by atoms with van der Waals surface area (Å²) in [6.45, 7) is 4.08. The van der Waals surface area contributed by atoms with Crippen LogP contribution in [-0.2, 0) is 23.9 Å². The number of rotatable bonds is 6. The van der Waals surface area contributed by atoms with Gasteiger partial charge in [0.2, 0.25) is 11.4 Å². The van der Waals surface area contributed by atoms with Gasteiger partial charge in [-0.05, 0) is 19.4 Å². The molecule has 1 aliphatic rings. The fourth-order valence-corrected chi connectivity index (χ4v) is 3.60. The van der Waals surface area contributed by atoms with E-state index in [0.29, 0.717) is 5.56 Å². The molecule has 2 atom stereocenters. The molecule has 10 heteroatoms. The second-order valence-electron chi connectivity index (χ2n) is 6.21. The molecular weight excluding hydrogens is 372 g/mol. The van der Waals surface area contributed by atoms with Crippen molar-refractivity contribution in [3.05, 3.63) is 39.9 Å². The summed E-state index contributed by atoms with van der Waals surface area (Å²) in [6.07, 6.45) is -1.58. The zero-order valence-corrected chi connectivity index (χ0v) is 15.8. The molecular formula is C18H22N2O8. The fraction of sp³-hybridized carbons (Fsp3) is 0.500. The lowest BCUT2D eigenvalue weighted by Crippen LogP contribution is -2.63. The van der Waals surface area contributed by atoms with Gasteiger partial charge in [-0.1, -0.05) is 12.1 Å². The van der Waals surface area contributed by atoms with Crippen molar-refractivity contribution in [1.29, 1.82) is 0 Å². The molecule has 0 saturated carbocycles. The molecule has 0 aromatic heterocycles. The Hall–Kier alpha value is -3.01. The molecule has 1 saturated heterocycles. The molecule has 152 valence electrons. The van der Waals surface area contributed by atoms with Gasteiger partial charge in [0.1, 0.15) is 6.23 Å². The van der Waals surface area contributed by atoms with Crippen molar-refractivity contribution in [3.63, 3.8) is 0 Å². The maximum atomic E-state index is 13.0. The molecule has 28 heavy (non-hydrogen) atoms. The third-order valence-electron chi connectivity index (χ3n) is 4.65. The normalized spacial score (nSPS) is 20.5. The van der Waals surface area contributed by atoms with E-state index in [1.165, 1.54) is 24.3 Å². The van der Waals surface area contributed by atoms with Crippen LogP contribution in [0, 0.1) is 10.1 Å². The Labute approximate surface area is 161 Å². The number of hydrogen-bond acceptors (Lipinski definition) is 8. The van der Waals surface area contributed by atoms with Crippen LogP contribution < -0.4 is 0 Å². The maximum Gasteiger partial charge on any atom is 0.344 e. The molecule has 1 heterocycles. The number of carbonyl (C=O) groups is 3. The van der Waals surface area contributed by atoms with Crippen molar-refractivity contribution < 1.29 is 33.9 Å². The number of carbonyl (C=O) groups excluding carboxylic acids is 3. The lowest BCUT2D eigenvalue weighted by molar-refractivity contribution is -0.384. The molecule has 1 aliphatic heterocycles. The van der Waals surface area contributed by atoms with Crippen LogP contribution in [0.3, 0.4) is 0 Å². The number of nitrogens with zero attached hydrogens (tertiary/aromatic N) is 2. The van der Waals surface area contributed by atoms with Crippen molar-refractivity contribution in [2.24, 2.45) is 0 Å². The number of hydrogen-bond donors (Lipinski definition) is 1. The Balaban J connectivity index is 2.68. The van der Waals surface area contributed by atoms with E-state index in [2.05, 4.69) is 0 Å². The van der Waals surface area contributed by atoms with Crippen LogP contribution >= 0.6 is 0 Å². The Morgan fingerprint density at radius 1 is 1.18 bits per heavy atom. The quantitative estimate of drug-likeness (QED) is 0.328. The van der Waals surface area contributed by atoms with E-state index in [4.69, 9.17) is 9.47 Å². The van der Waals surface area contributed by atoms with Gasteiger partial charge in [-0.3, -0.25) is 19.8 Å². The summed E-state index contributed by atoms with van der Waals surface area (Å²) >= 11 is 0. The number of ether oxygens (including phenoxy) is 2. The number of aliphatic hydroxyl groups excluding tert-OH is 1. The standard InChI is InChI=1S/C18H22N2O8/c1-4-27-16(23)18(17(24)28-5-2)14(10-15(22)19(18)11(3)21)12-6-8-13(9-7-12)20(25)26/h6-9,14-15,22H,4-5,10H2,1-3H3/t14-,15+/m0/s1. The lowest BCUT2D eigenvalue weighted by Gasteiger charge is -2.37. The van der Waals surface area contributed by atoms with Gasteiger partial charge in [-0.15, -0.1) is 0 Å². The smallest absolute Gasteiger partial charge is 0.344 e. The lowest BCUT2D eigenvalue weighted by atomic mass is 9.79. The molecule has 1 aromatic rings. The third-order valence-corrected chi connectivity index (χ3v) is 4.65. The Bertz CT molecular complexity index is 758. The summed E-state index contributed by atoms with van der Waals surface area (Å²) in [4.78, 5) is 49.3. The van der Waals surface area contributed by atoms with Gasteiger partial charge in [-0.2, -0.15) is 0 Å². The van der Waals surface area contributed by atoms with Gasteiger partial charge in [0, 0.05) is 31.4 Å². The first-order valence-corrected chi connectivity index (χ1v) is 8.78. The first-order chi connectivity index (χ1) is 13.2. The zero-order chi connectivity index (χ0) is 21.1. The van der Waals surface area contributed by atoms with Crippen molar-refractivity contribution >= 4 is 23.5 Å². The number of nitro groups is 1. The molecule has 0 radical (unpaired) electrons. The first kappa shape index (κ1) is 21.3. The second-order valence-corrected chi connectivity index (χ2v) is 6.21. The van der Waals surface area contributed by atoms with Gasteiger partial charge >= 0.3 is 11.9 Å². The SMILES string of the molecule is CCOC(=O)C1(C(=O)OCC)[C@H](c2ccc([N+](=O)[O-])cc2)C[C@@H](O)N1C(C)=O. The maximum absolute atomic E-state index is 13.0. The Morgan fingerprint density at radius 3 is 2.07 bits per heavy atom. The van der Waals surface area contributed by atoms with Crippen LogP contribution in [0.5, 0.6) is 0 Å². The predicted molar refractivity (Wildman–Crippen MR) is 95.0 cm³/mol. The average Bonchev–Trinajstić information content (AvgIpc) is 2.96. The van der Waals surface area contributed by atoms with Crippen molar-refractivity contribution in [2.75, 3.05) is 13.2 Å². The number of amides is 1. The number of aliphatic hydroxyl groups is 1. The number of non-ortho nitro benzene ring substituents is 1. The number of nitro benzene ring substituents is 1. The summed E-state index contributed by atoms with van der Waals surface area (Å²) in [5, 5.41) is 21.4. The van der Waals surface area contributed by atoms with E-state index in [1.54, 1.807) is 13.8 Å². The van der Waals surface area contributed by atoms with Gasteiger partial charge in [-0.25, -0.2) is 9.59 Å². The molecule has 10 nitrogen and oxygen atoms in total. The summed E-state index contributed by atoms with van der Waals surface area (Å²) < 4.78 is 10.2. The molecule has 0 spiro atoms. The molecule has 0 unspecified atom stereocenters. The molecule has 1 amide bonds. The monoisotopic (exact) mass is 394 g/mol. The van der Waals surface area contributed by atoms with Crippen molar-refractivity contribution in [3.8, 4) is 0 Å². The number of esters is 2. The molecule has 1 fully saturated rings. The molecule has 1 aromatic carbocycles. The van der Waals surface area contributed by atoms with Gasteiger partial charge in [0.15, 0.2) is 0 Å². The fourth-order valence-electron chi connectivity index (χ4n) is 3.60. The minimum absolute atomic E-state index is 0.0607. The highest BCUT2D eigenvalue weighted by molar-refractivity contribution is 6.09. The van der Waals surface area contributed by atoms with E-state index in [1.807, 2.05) is 0 Å².